The lowest BCUT2D eigenvalue weighted by atomic mass is 9.98. The molecule has 1 fully saturated rings. The fraction of sp³-hybridized carbons (Fsp3) is 0.462. The first kappa shape index (κ1) is 15.0. The van der Waals surface area contributed by atoms with E-state index >= 15 is 0 Å². The molecule has 0 radical (unpaired) electrons. The Hall–Kier alpha value is -2.35. The van der Waals surface area contributed by atoms with E-state index < -0.39 is 4.92 Å². The van der Waals surface area contributed by atoms with Crippen LogP contribution in [0.5, 0.6) is 0 Å². The Labute approximate surface area is 121 Å². The van der Waals surface area contributed by atoms with Crippen LogP contribution >= 0.6 is 0 Å². The molecule has 1 unspecified atom stereocenters. The molecule has 1 aliphatic rings. The van der Waals surface area contributed by atoms with E-state index in [1.54, 1.807) is 12.1 Å². The van der Waals surface area contributed by atoms with Crippen molar-refractivity contribution in [1.82, 2.24) is 0 Å². The molecule has 8 heteroatoms. The van der Waals surface area contributed by atoms with Crippen molar-refractivity contribution >= 4 is 17.2 Å². The van der Waals surface area contributed by atoms with Gasteiger partial charge in [0.25, 0.3) is 5.69 Å². The number of hydrogen-bond acceptors (Lipinski definition) is 6. The number of piperidine rings is 1. The summed E-state index contributed by atoms with van der Waals surface area (Å²) in [6, 6.07) is 4.48. The predicted octanol–water partition coefficient (Wildman–Crippen LogP) is 0.898. The van der Waals surface area contributed by atoms with Gasteiger partial charge in [-0.15, -0.1) is 0 Å². The maximum Gasteiger partial charge on any atom is 0.293 e. The number of nitro benzene ring substituents is 1. The minimum Gasteiger partial charge on any atom is -0.409 e. The van der Waals surface area contributed by atoms with Crippen molar-refractivity contribution < 1.29 is 15.2 Å². The summed E-state index contributed by atoms with van der Waals surface area (Å²) in [5.74, 6) is -0.0429. The normalized spacial score (nSPS) is 19.6. The molecule has 114 valence electrons. The van der Waals surface area contributed by atoms with Crippen LogP contribution in [-0.2, 0) is 0 Å². The summed E-state index contributed by atoms with van der Waals surface area (Å²) < 4.78 is 0. The highest BCUT2D eigenvalue weighted by Crippen LogP contribution is 2.32. The summed E-state index contributed by atoms with van der Waals surface area (Å²) in [6.07, 6.45) is 1.80. The summed E-state index contributed by atoms with van der Waals surface area (Å²) in [6.45, 7) is 1.37. The summed E-state index contributed by atoms with van der Waals surface area (Å²) in [5.41, 5.74) is 6.17. The van der Waals surface area contributed by atoms with Crippen molar-refractivity contribution in [1.29, 1.82) is 0 Å². The molecule has 1 atom stereocenters. The van der Waals surface area contributed by atoms with E-state index in [0.29, 0.717) is 24.3 Å². The molecule has 0 spiro atoms. The van der Waals surface area contributed by atoms with E-state index in [4.69, 9.17) is 10.9 Å². The number of benzene rings is 1. The van der Waals surface area contributed by atoms with Crippen LogP contribution < -0.4 is 10.6 Å². The number of rotatable bonds is 4. The van der Waals surface area contributed by atoms with E-state index in [2.05, 4.69) is 5.16 Å². The van der Waals surface area contributed by atoms with Crippen LogP contribution in [0.15, 0.2) is 23.4 Å². The van der Waals surface area contributed by atoms with Gasteiger partial charge in [0, 0.05) is 31.3 Å². The molecule has 0 bridgehead atoms. The van der Waals surface area contributed by atoms with Crippen LogP contribution in [0.25, 0.3) is 0 Å². The molecule has 0 aromatic heterocycles. The monoisotopic (exact) mass is 294 g/mol. The average molecular weight is 294 g/mol. The molecule has 1 aromatic carbocycles. The van der Waals surface area contributed by atoms with Gasteiger partial charge in [0.05, 0.1) is 4.92 Å². The molecule has 0 amide bonds. The maximum absolute atomic E-state index is 11.3. The second kappa shape index (κ2) is 6.40. The van der Waals surface area contributed by atoms with E-state index in [1.165, 1.54) is 6.07 Å². The van der Waals surface area contributed by atoms with E-state index in [9.17, 15) is 15.2 Å². The Morgan fingerprint density at radius 2 is 2.33 bits per heavy atom. The van der Waals surface area contributed by atoms with Crippen molar-refractivity contribution in [2.75, 3.05) is 24.6 Å². The van der Waals surface area contributed by atoms with Gasteiger partial charge < -0.3 is 20.9 Å². The molecule has 0 saturated carbocycles. The molecule has 1 heterocycles. The molecular formula is C13H18N4O4. The van der Waals surface area contributed by atoms with Gasteiger partial charge in [-0.05, 0) is 30.9 Å². The first-order valence-electron chi connectivity index (χ1n) is 6.69. The highest BCUT2D eigenvalue weighted by Gasteiger charge is 2.25. The second-order valence-electron chi connectivity index (χ2n) is 5.08. The molecule has 4 N–H and O–H groups in total. The SMILES string of the molecule is NC(=NO)c1ccc(N2CCCC(CO)C2)c([N+](=O)[O-])c1. The number of nitrogens with two attached hydrogens (primary N) is 1. The van der Waals surface area contributed by atoms with Gasteiger partial charge >= 0.3 is 0 Å². The number of aliphatic hydroxyl groups excluding tert-OH is 1. The van der Waals surface area contributed by atoms with Crippen molar-refractivity contribution in [3.63, 3.8) is 0 Å². The molecule has 1 saturated heterocycles. The molecule has 2 rings (SSSR count). The summed E-state index contributed by atoms with van der Waals surface area (Å²) in [4.78, 5) is 12.7. The molecule has 8 nitrogen and oxygen atoms in total. The van der Waals surface area contributed by atoms with Gasteiger partial charge in [0.2, 0.25) is 0 Å². The van der Waals surface area contributed by atoms with Crippen molar-refractivity contribution in [2.45, 2.75) is 12.8 Å². The molecule has 21 heavy (non-hydrogen) atoms. The Bertz CT molecular complexity index is 561. The van der Waals surface area contributed by atoms with Crippen LogP contribution in [-0.4, -0.2) is 40.8 Å². The maximum atomic E-state index is 11.3. The third-order valence-electron chi connectivity index (χ3n) is 3.69. The van der Waals surface area contributed by atoms with Crippen LogP contribution in [0.4, 0.5) is 11.4 Å². The average Bonchev–Trinajstić information content (AvgIpc) is 2.53. The van der Waals surface area contributed by atoms with Crippen molar-refractivity contribution in [3.05, 3.63) is 33.9 Å². The zero-order valence-corrected chi connectivity index (χ0v) is 11.5. The van der Waals surface area contributed by atoms with Crippen LogP contribution in [0.1, 0.15) is 18.4 Å². The highest BCUT2D eigenvalue weighted by molar-refractivity contribution is 5.98. The lowest BCUT2D eigenvalue weighted by Crippen LogP contribution is -2.37. The zero-order valence-electron chi connectivity index (χ0n) is 11.5. The lowest BCUT2D eigenvalue weighted by Gasteiger charge is -2.33. The fourth-order valence-corrected chi connectivity index (χ4v) is 2.59. The van der Waals surface area contributed by atoms with E-state index in [1.807, 2.05) is 4.90 Å². The largest absolute Gasteiger partial charge is 0.409 e. The minimum atomic E-state index is -0.480. The van der Waals surface area contributed by atoms with Crippen molar-refractivity contribution in [2.24, 2.45) is 16.8 Å². The van der Waals surface area contributed by atoms with Gasteiger partial charge in [-0.3, -0.25) is 10.1 Å². The van der Waals surface area contributed by atoms with Gasteiger partial charge in [0.1, 0.15) is 5.69 Å². The van der Waals surface area contributed by atoms with Crippen LogP contribution in [0, 0.1) is 16.0 Å². The third-order valence-corrected chi connectivity index (χ3v) is 3.69. The smallest absolute Gasteiger partial charge is 0.293 e. The molecule has 1 aliphatic heterocycles. The van der Waals surface area contributed by atoms with Gasteiger partial charge in [-0.1, -0.05) is 5.16 Å². The summed E-state index contributed by atoms with van der Waals surface area (Å²) in [7, 11) is 0. The second-order valence-corrected chi connectivity index (χ2v) is 5.08. The Balaban J connectivity index is 2.36. The van der Waals surface area contributed by atoms with Gasteiger partial charge in [0.15, 0.2) is 5.84 Å². The van der Waals surface area contributed by atoms with Gasteiger partial charge in [-0.2, -0.15) is 0 Å². The van der Waals surface area contributed by atoms with E-state index in [0.717, 1.165) is 12.8 Å². The van der Waals surface area contributed by atoms with Crippen LogP contribution in [0.2, 0.25) is 0 Å². The number of nitro groups is 1. The Morgan fingerprint density at radius 3 is 2.95 bits per heavy atom. The van der Waals surface area contributed by atoms with Gasteiger partial charge in [-0.25, -0.2) is 0 Å². The number of nitrogens with zero attached hydrogens (tertiary/aromatic N) is 3. The lowest BCUT2D eigenvalue weighted by molar-refractivity contribution is -0.384. The third kappa shape index (κ3) is 3.22. The Morgan fingerprint density at radius 1 is 1.57 bits per heavy atom. The molecular weight excluding hydrogens is 276 g/mol. The number of anilines is 1. The Kier molecular flexibility index (Phi) is 4.59. The van der Waals surface area contributed by atoms with Crippen molar-refractivity contribution in [3.8, 4) is 0 Å². The van der Waals surface area contributed by atoms with Crippen LogP contribution in [0.3, 0.4) is 0 Å². The number of oxime groups is 1. The number of amidine groups is 1. The molecule has 1 aromatic rings. The number of hydrogen-bond donors (Lipinski definition) is 3. The van der Waals surface area contributed by atoms with E-state index in [-0.39, 0.29) is 24.0 Å². The predicted molar refractivity (Wildman–Crippen MR) is 77.6 cm³/mol. The topological polar surface area (TPSA) is 125 Å². The molecule has 0 aliphatic carbocycles. The standard InChI is InChI=1S/C13H18N4O4/c14-13(15-19)10-3-4-11(12(6-10)17(20)21)16-5-1-2-9(7-16)8-18/h3-4,6,9,18-19H,1-2,5,7-8H2,(H2,14,15). The quantitative estimate of drug-likeness (QED) is 0.249. The first-order valence-corrected chi connectivity index (χ1v) is 6.69. The fourth-order valence-electron chi connectivity index (χ4n) is 2.59. The first-order chi connectivity index (χ1) is 10.1. The number of aliphatic hydroxyl groups is 1. The minimum absolute atomic E-state index is 0.0759. The highest BCUT2D eigenvalue weighted by atomic mass is 16.6. The summed E-state index contributed by atoms with van der Waals surface area (Å²) >= 11 is 0. The summed E-state index contributed by atoms with van der Waals surface area (Å²) in [5, 5.41) is 32.0. The zero-order chi connectivity index (χ0) is 15.4.